The number of rotatable bonds is 3. The first kappa shape index (κ1) is 19.4. The molecular formula is C19H21ClN6O3. The molecule has 1 fully saturated rings. The average molecular weight is 417 g/mol. The van der Waals surface area contributed by atoms with Crippen LogP contribution in [0.5, 0.6) is 0 Å². The molecular weight excluding hydrogens is 396 g/mol. The van der Waals surface area contributed by atoms with Gasteiger partial charge in [0.1, 0.15) is 11.6 Å². The Morgan fingerprint density at radius 2 is 2.10 bits per heavy atom. The van der Waals surface area contributed by atoms with Crippen LogP contribution in [-0.2, 0) is 14.3 Å². The van der Waals surface area contributed by atoms with Crippen LogP contribution in [0.25, 0.3) is 0 Å². The molecule has 1 aromatic heterocycles. The molecule has 0 radical (unpaired) electrons. The third-order valence-corrected chi connectivity index (χ3v) is 5.26. The number of nitrogens with two attached hydrogens (primary N) is 1. The molecule has 10 heteroatoms. The Labute approximate surface area is 172 Å². The fourth-order valence-electron chi connectivity index (χ4n) is 3.45. The summed E-state index contributed by atoms with van der Waals surface area (Å²) in [6.45, 7) is 4.29. The van der Waals surface area contributed by atoms with Crippen LogP contribution in [0.4, 0.5) is 23.3 Å². The molecule has 1 aromatic carbocycles. The molecule has 3 heterocycles. The van der Waals surface area contributed by atoms with Gasteiger partial charge in [-0.25, -0.2) is 0 Å². The number of hydrogen-bond donors (Lipinski definition) is 3. The zero-order valence-corrected chi connectivity index (χ0v) is 16.6. The van der Waals surface area contributed by atoms with Gasteiger partial charge in [0.05, 0.1) is 35.4 Å². The van der Waals surface area contributed by atoms with Crippen molar-refractivity contribution >= 4 is 46.7 Å². The Hall–Kier alpha value is -2.91. The number of nitrogens with one attached hydrogen (secondary N) is 2. The summed E-state index contributed by atoms with van der Waals surface area (Å²) in [5, 5.41) is 5.92. The Morgan fingerprint density at radius 1 is 1.34 bits per heavy atom. The van der Waals surface area contributed by atoms with E-state index in [-0.39, 0.29) is 29.9 Å². The van der Waals surface area contributed by atoms with Gasteiger partial charge < -0.3 is 26.0 Å². The minimum Gasteiger partial charge on any atom is -0.383 e. The summed E-state index contributed by atoms with van der Waals surface area (Å²) < 4.78 is 5.34. The number of morpholine rings is 1. The summed E-state index contributed by atoms with van der Waals surface area (Å²) in [5.41, 5.74) is 8.07. The Kier molecular flexibility index (Phi) is 5.25. The molecule has 9 nitrogen and oxygen atoms in total. The van der Waals surface area contributed by atoms with Gasteiger partial charge in [0.2, 0.25) is 17.8 Å². The number of anilines is 4. The molecule has 4 N–H and O–H groups in total. The summed E-state index contributed by atoms with van der Waals surface area (Å²) in [7, 11) is 0. The summed E-state index contributed by atoms with van der Waals surface area (Å²) >= 11 is 6.22. The fraction of sp³-hybridized carbons (Fsp3) is 0.368. The lowest BCUT2D eigenvalue weighted by molar-refractivity contribution is -0.123. The molecule has 1 atom stereocenters. The fourth-order valence-corrected chi connectivity index (χ4v) is 3.74. The van der Waals surface area contributed by atoms with Gasteiger partial charge in [-0.05, 0) is 24.6 Å². The Balaban J connectivity index is 1.64. The first-order valence-electron chi connectivity index (χ1n) is 9.29. The molecule has 2 aromatic rings. The highest BCUT2D eigenvalue weighted by molar-refractivity contribution is 6.33. The Bertz CT molecular complexity index is 977. The monoisotopic (exact) mass is 416 g/mol. The van der Waals surface area contributed by atoms with Crippen molar-refractivity contribution in [2.24, 2.45) is 0 Å². The maximum atomic E-state index is 13.0. The number of aromatic nitrogens is 2. The molecule has 1 saturated heterocycles. The van der Waals surface area contributed by atoms with E-state index in [0.29, 0.717) is 48.5 Å². The number of aryl methyl sites for hydroxylation is 1. The van der Waals surface area contributed by atoms with E-state index in [1.54, 1.807) is 12.1 Å². The van der Waals surface area contributed by atoms with Crippen LogP contribution in [0.3, 0.4) is 0 Å². The molecule has 1 unspecified atom stereocenters. The normalized spacial score (nSPS) is 18.8. The third kappa shape index (κ3) is 3.96. The van der Waals surface area contributed by atoms with E-state index in [4.69, 9.17) is 22.1 Å². The molecule has 2 aliphatic heterocycles. The van der Waals surface area contributed by atoms with Crippen molar-refractivity contribution in [2.75, 3.05) is 47.6 Å². The number of benzene rings is 1. The van der Waals surface area contributed by atoms with Gasteiger partial charge >= 0.3 is 0 Å². The predicted molar refractivity (Wildman–Crippen MR) is 110 cm³/mol. The molecule has 0 saturated carbocycles. The van der Waals surface area contributed by atoms with Crippen LogP contribution in [0.15, 0.2) is 18.2 Å². The standard InChI is InChI=1S/C19H21ClN6O3/c1-10-2-3-13(12(20)8-10)22-18(28)11-9-14(27)23-17-15(11)16(21)24-19(25-17)26-4-6-29-7-5-26/h2-3,8,11H,4-7,9H2,1H3,(H,22,28)(H3,21,23,24,25,27). The molecule has 0 bridgehead atoms. The first-order chi connectivity index (χ1) is 13.9. The molecule has 2 aliphatic rings. The number of carbonyl (C=O) groups excluding carboxylic acids is 2. The number of nitrogens with zero attached hydrogens (tertiary/aromatic N) is 3. The lowest BCUT2D eigenvalue weighted by Gasteiger charge is -2.30. The highest BCUT2D eigenvalue weighted by Gasteiger charge is 2.35. The van der Waals surface area contributed by atoms with E-state index >= 15 is 0 Å². The number of nitrogen functional groups attached to an aromatic ring is 1. The molecule has 4 rings (SSSR count). The van der Waals surface area contributed by atoms with Crippen molar-refractivity contribution < 1.29 is 14.3 Å². The zero-order valence-electron chi connectivity index (χ0n) is 15.9. The number of ether oxygens (including phenoxy) is 1. The highest BCUT2D eigenvalue weighted by atomic mass is 35.5. The highest BCUT2D eigenvalue weighted by Crippen LogP contribution is 2.37. The van der Waals surface area contributed by atoms with Crippen LogP contribution < -0.4 is 21.3 Å². The van der Waals surface area contributed by atoms with E-state index in [0.717, 1.165) is 5.56 Å². The van der Waals surface area contributed by atoms with Crippen LogP contribution in [0, 0.1) is 6.92 Å². The minimum absolute atomic E-state index is 0.0488. The van der Waals surface area contributed by atoms with Gasteiger partial charge in [-0.15, -0.1) is 0 Å². The topological polar surface area (TPSA) is 122 Å². The van der Waals surface area contributed by atoms with Gasteiger partial charge in [-0.1, -0.05) is 17.7 Å². The van der Waals surface area contributed by atoms with Crippen molar-refractivity contribution in [1.82, 2.24) is 9.97 Å². The second kappa shape index (κ2) is 7.84. The van der Waals surface area contributed by atoms with Gasteiger partial charge in [-0.3, -0.25) is 9.59 Å². The van der Waals surface area contributed by atoms with Crippen molar-refractivity contribution in [3.05, 3.63) is 34.3 Å². The van der Waals surface area contributed by atoms with Crippen molar-refractivity contribution in [3.8, 4) is 0 Å². The van der Waals surface area contributed by atoms with E-state index in [1.165, 1.54) is 0 Å². The summed E-state index contributed by atoms with van der Waals surface area (Å²) in [6.07, 6.45) is -0.0488. The lowest BCUT2D eigenvalue weighted by Crippen LogP contribution is -2.38. The molecule has 29 heavy (non-hydrogen) atoms. The maximum Gasteiger partial charge on any atom is 0.232 e. The largest absolute Gasteiger partial charge is 0.383 e. The molecule has 0 spiro atoms. The smallest absolute Gasteiger partial charge is 0.232 e. The molecule has 2 amide bonds. The van der Waals surface area contributed by atoms with Crippen molar-refractivity contribution in [1.29, 1.82) is 0 Å². The van der Waals surface area contributed by atoms with E-state index in [2.05, 4.69) is 20.6 Å². The maximum absolute atomic E-state index is 13.0. The van der Waals surface area contributed by atoms with Crippen LogP contribution in [-0.4, -0.2) is 48.1 Å². The van der Waals surface area contributed by atoms with E-state index < -0.39 is 5.92 Å². The molecule has 0 aliphatic carbocycles. The van der Waals surface area contributed by atoms with E-state index in [9.17, 15) is 9.59 Å². The van der Waals surface area contributed by atoms with E-state index in [1.807, 2.05) is 17.9 Å². The number of hydrogen-bond acceptors (Lipinski definition) is 7. The Morgan fingerprint density at radius 3 is 2.83 bits per heavy atom. The number of halogens is 1. The number of carbonyl (C=O) groups is 2. The van der Waals surface area contributed by atoms with Gasteiger partial charge in [0, 0.05) is 19.5 Å². The lowest BCUT2D eigenvalue weighted by atomic mass is 9.92. The number of fused-ring (bicyclic) bond motifs is 1. The summed E-state index contributed by atoms with van der Waals surface area (Å²) in [4.78, 5) is 36.0. The van der Waals surface area contributed by atoms with Gasteiger partial charge in [-0.2, -0.15) is 9.97 Å². The second-order valence-electron chi connectivity index (χ2n) is 7.05. The predicted octanol–water partition coefficient (Wildman–Crippen LogP) is 1.92. The summed E-state index contributed by atoms with van der Waals surface area (Å²) in [5.74, 6) is -0.653. The number of amides is 2. The van der Waals surface area contributed by atoms with Crippen LogP contribution in [0.1, 0.15) is 23.5 Å². The van der Waals surface area contributed by atoms with Crippen molar-refractivity contribution in [2.45, 2.75) is 19.3 Å². The van der Waals surface area contributed by atoms with Crippen molar-refractivity contribution in [3.63, 3.8) is 0 Å². The average Bonchev–Trinajstić information content (AvgIpc) is 2.69. The van der Waals surface area contributed by atoms with Crippen LogP contribution in [0.2, 0.25) is 5.02 Å². The van der Waals surface area contributed by atoms with Crippen LogP contribution >= 0.6 is 11.6 Å². The summed E-state index contributed by atoms with van der Waals surface area (Å²) in [6, 6.07) is 5.32. The van der Waals surface area contributed by atoms with Gasteiger partial charge in [0.25, 0.3) is 0 Å². The molecule has 152 valence electrons. The first-order valence-corrected chi connectivity index (χ1v) is 9.67. The second-order valence-corrected chi connectivity index (χ2v) is 7.46. The third-order valence-electron chi connectivity index (χ3n) is 4.95. The van der Waals surface area contributed by atoms with Gasteiger partial charge in [0.15, 0.2) is 0 Å². The SMILES string of the molecule is Cc1ccc(NC(=O)C2CC(=O)Nc3nc(N4CCOCC4)nc(N)c32)c(Cl)c1. The minimum atomic E-state index is -0.810. The zero-order chi connectivity index (χ0) is 20.5. The quantitative estimate of drug-likeness (QED) is 0.698.